The summed E-state index contributed by atoms with van der Waals surface area (Å²) < 4.78 is 37.7. The Kier molecular flexibility index (Phi) is 3.56. The summed E-state index contributed by atoms with van der Waals surface area (Å²) in [6, 6.07) is 3.98. The number of anilines is 1. The quantitative estimate of drug-likeness (QED) is 0.845. The molecule has 0 atom stereocenters. The Morgan fingerprint density at radius 1 is 1.33 bits per heavy atom. The minimum Gasteiger partial charge on any atom is -0.355 e. The van der Waals surface area contributed by atoms with E-state index in [-0.39, 0.29) is 0 Å². The van der Waals surface area contributed by atoms with E-state index in [1.54, 1.807) is 23.3 Å². The number of alkyl halides is 3. The minimum atomic E-state index is -4.33. The van der Waals surface area contributed by atoms with E-state index in [1.165, 1.54) is 6.20 Å². The van der Waals surface area contributed by atoms with Gasteiger partial charge in [-0.2, -0.15) is 24.5 Å². The Morgan fingerprint density at radius 2 is 2.11 bits per heavy atom. The van der Waals surface area contributed by atoms with Gasteiger partial charge in [0.15, 0.2) is 0 Å². The van der Waals surface area contributed by atoms with Gasteiger partial charge >= 0.3 is 6.18 Å². The van der Waals surface area contributed by atoms with Gasteiger partial charge in [0, 0.05) is 19.8 Å². The highest BCUT2D eigenvalue weighted by atomic mass is 32.1. The van der Waals surface area contributed by atoms with Gasteiger partial charge in [-0.25, -0.2) is 4.98 Å². The van der Waals surface area contributed by atoms with Crippen molar-refractivity contribution < 1.29 is 13.2 Å². The van der Waals surface area contributed by atoms with E-state index >= 15 is 0 Å². The molecule has 0 fully saturated rings. The van der Waals surface area contributed by atoms with Gasteiger partial charge in [0.05, 0.1) is 5.56 Å². The predicted molar refractivity (Wildman–Crippen MR) is 65.7 cm³/mol. The zero-order chi connectivity index (χ0) is 13.2. The molecule has 0 N–H and O–H groups in total. The number of thiophene rings is 1. The SMILES string of the molecule is CN(Cc1ccsc1)c1cc(C(F)(F)F)ccn1. The number of halogens is 3. The lowest BCUT2D eigenvalue weighted by Gasteiger charge is -2.18. The summed E-state index contributed by atoms with van der Waals surface area (Å²) in [5.41, 5.74) is 0.381. The molecule has 96 valence electrons. The van der Waals surface area contributed by atoms with Crippen LogP contribution >= 0.6 is 11.3 Å². The average Bonchev–Trinajstić information content (AvgIpc) is 2.81. The highest BCUT2D eigenvalue weighted by Crippen LogP contribution is 2.30. The third-order valence-corrected chi connectivity index (χ3v) is 3.20. The van der Waals surface area contributed by atoms with Crippen LogP contribution in [-0.4, -0.2) is 12.0 Å². The Morgan fingerprint density at radius 3 is 2.72 bits per heavy atom. The Labute approximate surface area is 107 Å². The Balaban J connectivity index is 2.18. The molecule has 2 nitrogen and oxygen atoms in total. The van der Waals surface area contributed by atoms with E-state index in [0.717, 1.165) is 17.7 Å². The molecular formula is C12H11F3N2S. The first kappa shape index (κ1) is 12.9. The number of hydrogen-bond acceptors (Lipinski definition) is 3. The first-order valence-electron chi connectivity index (χ1n) is 5.22. The van der Waals surface area contributed by atoms with Gasteiger partial charge < -0.3 is 4.90 Å². The second-order valence-corrected chi connectivity index (χ2v) is 4.67. The van der Waals surface area contributed by atoms with Crippen LogP contribution in [0.25, 0.3) is 0 Å². The first-order chi connectivity index (χ1) is 8.47. The molecule has 0 aliphatic heterocycles. The zero-order valence-corrected chi connectivity index (χ0v) is 10.4. The van der Waals surface area contributed by atoms with Crippen molar-refractivity contribution >= 4 is 17.2 Å². The average molecular weight is 272 g/mol. The summed E-state index contributed by atoms with van der Waals surface area (Å²) in [5, 5.41) is 3.90. The van der Waals surface area contributed by atoms with E-state index in [9.17, 15) is 13.2 Å². The van der Waals surface area contributed by atoms with Crippen LogP contribution in [0.15, 0.2) is 35.2 Å². The Hall–Kier alpha value is -1.56. The van der Waals surface area contributed by atoms with Crippen LogP contribution in [0, 0.1) is 0 Å². The van der Waals surface area contributed by atoms with Crippen LogP contribution in [0.5, 0.6) is 0 Å². The molecule has 2 aromatic rings. The van der Waals surface area contributed by atoms with Gasteiger partial charge in [-0.1, -0.05) is 0 Å². The molecule has 0 saturated carbocycles. The number of pyridine rings is 1. The van der Waals surface area contributed by atoms with Gasteiger partial charge in [-0.05, 0) is 34.5 Å². The topological polar surface area (TPSA) is 16.1 Å². The summed E-state index contributed by atoms with van der Waals surface area (Å²) in [6.07, 6.45) is -3.15. The van der Waals surface area contributed by atoms with Gasteiger partial charge in [-0.15, -0.1) is 0 Å². The molecule has 0 bridgehead atoms. The molecule has 6 heteroatoms. The van der Waals surface area contributed by atoms with Crippen molar-refractivity contribution in [3.63, 3.8) is 0 Å². The number of hydrogen-bond donors (Lipinski definition) is 0. The van der Waals surface area contributed by atoms with E-state index in [4.69, 9.17) is 0 Å². The molecule has 2 aromatic heterocycles. The van der Waals surface area contributed by atoms with E-state index in [0.29, 0.717) is 12.4 Å². The van der Waals surface area contributed by atoms with Crippen molar-refractivity contribution in [2.24, 2.45) is 0 Å². The molecule has 0 aromatic carbocycles. The minimum absolute atomic E-state index is 0.316. The van der Waals surface area contributed by atoms with Gasteiger partial charge in [0.2, 0.25) is 0 Å². The lowest BCUT2D eigenvalue weighted by molar-refractivity contribution is -0.137. The lowest BCUT2D eigenvalue weighted by Crippen LogP contribution is -2.18. The van der Waals surface area contributed by atoms with Crippen molar-refractivity contribution in [1.82, 2.24) is 4.98 Å². The van der Waals surface area contributed by atoms with Crippen molar-refractivity contribution in [1.29, 1.82) is 0 Å². The van der Waals surface area contributed by atoms with Crippen molar-refractivity contribution in [3.8, 4) is 0 Å². The monoisotopic (exact) mass is 272 g/mol. The summed E-state index contributed by atoms with van der Waals surface area (Å²) in [6.45, 7) is 0.539. The van der Waals surface area contributed by atoms with Gasteiger partial charge in [0.1, 0.15) is 5.82 Å². The molecule has 0 amide bonds. The third kappa shape index (κ3) is 3.01. The van der Waals surface area contributed by atoms with E-state index in [2.05, 4.69) is 4.98 Å². The van der Waals surface area contributed by atoms with E-state index < -0.39 is 11.7 Å². The van der Waals surface area contributed by atoms with Crippen LogP contribution in [0.3, 0.4) is 0 Å². The third-order valence-electron chi connectivity index (χ3n) is 2.46. The van der Waals surface area contributed by atoms with Crippen molar-refractivity contribution in [2.45, 2.75) is 12.7 Å². The maximum Gasteiger partial charge on any atom is 0.416 e. The highest BCUT2D eigenvalue weighted by molar-refractivity contribution is 7.07. The predicted octanol–water partition coefficient (Wildman–Crippen LogP) is 3.80. The van der Waals surface area contributed by atoms with Crippen molar-refractivity contribution in [2.75, 3.05) is 11.9 Å². The van der Waals surface area contributed by atoms with Crippen molar-refractivity contribution in [3.05, 3.63) is 46.3 Å². The van der Waals surface area contributed by atoms with Crippen LogP contribution < -0.4 is 4.90 Å². The summed E-state index contributed by atoms with van der Waals surface area (Å²) >= 11 is 1.56. The molecule has 0 unspecified atom stereocenters. The Bertz CT molecular complexity index is 508. The largest absolute Gasteiger partial charge is 0.416 e. The lowest BCUT2D eigenvalue weighted by atomic mass is 10.2. The number of aromatic nitrogens is 1. The van der Waals surface area contributed by atoms with Crippen LogP contribution in [0.1, 0.15) is 11.1 Å². The van der Waals surface area contributed by atoms with Crippen LogP contribution in [0.4, 0.5) is 19.0 Å². The second-order valence-electron chi connectivity index (χ2n) is 3.89. The molecular weight excluding hydrogens is 261 g/mol. The van der Waals surface area contributed by atoms with Crippen LogP contribution in [-0.2, 0) is 12.7 Å². The molecule has 0 aliphatic rings. The summed E-state index contributed by atoms with van der Waals surface area (Å²) in [7, 11) is 1.72. The molecule has 0 aliphatic carbocycles. The van der Waals surface area contributed by atoms with E-state index in [1.807, 2.05) is 16.8 Å². The molecule has 2 rings (SSSR count). The normalized spacial score (nSPS) is 11.6. The molecule has 0 radical (unpaired) electrons. The summed E-state index contributed by atoms with van der Waals surface area (Å²) in [5.74, 6) is 0.316. The van der Waals surface area contributed by atoms with Crippen LogP contribution in [0.2, 0.25) is 0 Å². The first-order valence-corrected chi connectivity index (χ1v) is 6.16. The smallest absolute Gasteiger partial charge is 0.355 e. The highest BCUT2D eigenvalue weighted by Gasteiger charge is 2.30. The number of nitrogens with zero attached hydrogens (tertiary/aromatic N) is 2. The second kappa shape index (κ2) is 4.97. The fraction of sp³-hybridized carbons (Fsp3) is 0.250. The zero-order valence-electron chi connectivity index (χ0n) is 9.61. The summed E-state index contributed by atoms with van der Waals surface area (Å²) in [4.78, 5) is 5.65. The molecule has 0 saturated heterocycles. The van der Waals surface area contributed by atoms with Gasteiger partial charge in [0.25, 0.3) is 0 Å². The molecule has 2 heterocycles. The maximum absolute atomic E-state index is 12.6. The fourth-order valence-electron chi connectivity index (χ4n) is 1.54. The molecule has 0 spiro atoms. The fourth-order valence-corrected chi connectivity index (χ4v) is 2.20. The molecule has 18 heavy (non-hydrogen) atoms. The van der Waals surface area contributed by atoms with Gasteiger partial charge in [-0.3, -0.25) is 0 Å². The number of rotatable bonds is 3. The standard InChI is InChI=1S/C12H11F3N2S/c1-17(7-9-3-5-18-8-9)11-6-10(2-4-16-11)12(13,14)15/h2-6,8H,7H2,1H3. The maximum atomic E-state index is 12.6.